The first-order valence-corrected chi connectivity index (χ1v) is 8.52. The molecule has 0 bridgehead atoms. The molecule has 8 nitrogen and oxygen atoms in total. The minimum absolute atomic E-state index is 0.169. The van der Waals surface area contributed by atoms with Crippen molar-refractivity contribution in [1.29, 1.82) is 0 Å². The van der Waals surface area contributed by atoms with E-state index in [1.165, 1.54) is 16.1 Å². The maximum atomic E-state index is 12.6. The van der Waals surface area contributed by atoms with Crippen molar-refractivity contribution in [3.8, 4) is 0 Å². The van der Waals surface area contributed by atoms with Gasteiger partial charge in [0.2, 0.25) is 0 Å². The maximum absolute atomic E-state index is 12.6. The van der Waals surface area contributed by atoms with Crippen LogP contribution in [0.25, 0.3) is 11.2 Å². The Labute approximate surface area is 147 Å². The van der Waals surface area contributed by atoms with Gasteiger partial charge in [-0.1, -0.05) is 0 Å². The van der Waals surface area contributed by atoms with Crippen LogP contribution in [0.1, 0.15) is 33.1 Å². The van der Waals surface area contributed by atoms with Crippen molar-refractivity contribution in [1.82, 2.24) is 18.7 Å². The number of carbonyl (C=O) groups is 1. The second kappa shape index (κ2) is 7.33. The summed E-state index contributed by atoms with van der Waals surface area (Å²) in [5.41, 5.74) is 0.0179. The molecule has 132 valence electrons. The molecular weight excluding hydrogens is 380 g/mol. The Kier molecular flexibility index (Phi) is 5.63. The number of rotatable bonds is 6. The van der Waals surface area contributed by atoms with E-state index in [4.69, 9.17) is 4.74 Å². The van der Waals surface area contributed by atoms with Crippen LogP contribution in [0.5, 0.6) is 0 Å². The Balaban J connectivity index is 2.18. The number of halogens is 1. The molecular formula is C15H21BrN4O4. The molecule has 0 fully saturated rings. The fourth-order valence-corrected chi connectivity index (χ4v) is 3.00. The van der Waals surface area contributed by atoms with Crippen molar-refractivity contribution in [3.05, 3.63) is 25.6 Å². The lowest BCUT2D eigenvalue weighted by molar-refractivity contribution is -0.145. The molecule has 0 radical (unpaired) electrons. The van der Waals surface area contributed by atoms with Crippen LogP contribution >= 0.6 is 15.9 Å². The van der Waals surface area contributed by atoms with Crippen LogP contribution < -0.4 is 11.2 Å². The molecule has 0 N–H and O–H groups in total. The third kappa shape index (κ3) is 3.61. The molecule has 2 heterocycles. The van der Waals surface area contributed by atoms with Crippen LogP contribution in [-0.2, 0) is 30.2 Å². The molecule has 2 aromatic heterocycles. The van der Waals surface area contributed by atoms with E-state index in [-0.39, 0.29) is 23.3 Å². The van der Waals surface area contributed by atoms with Crippen molar-refractivity contribution in [2.75, 3.05) is 0 Å². The van der Waals surface area contributed by atoms with E-state index < -0.39 is 0 Å². The van der Waals surface area contributed by atoms with Gasteiger partial charge in [0.25, 0.3) is 5.56 Å². The number of carbonyl (C=O) groups excluding carboxylic acids is 1. The quantitative estimate of drug-likeness (QED) is 0.414. The molecule has 0 aliphatic heterocycles. The molecule has 0 amide bonds. The van der Waals surface area contributed by atoms with Gasteiger partial charge in [-0.15, -0.1) is 0 Å². The predicted molar refractivity (Wildman–Crippen MR) is 93.0 cm³/mol. The zero-order chi connectivity index (χ0) is 18.0. The highest BCUT2D eigenvalue weighted by atomic mass is 79.9. The number of aryl methyl sites for hydroxylation is 2. The van der Waals surface area contributed by atoms with Gasteiger partial charge in [-0.25, -0.2) is 9.78 Å². The summed E-state index contributed by atoms with van der Waals surface area (Å²) in [4.78, 5) is 40.1. The zero-order valence-corrected chi connectivity index (χ0v) is 15.8. The van der Waals surface area contributed by atoms with Crippen LogP contribution in [-0.4, -0.2) is 30.8 Å². The number of esters is 1. The number of ether oxygens (including phenoxy) is 1. The van der Waals surface area contributed by atoms with Crippen molar-refractivity contribution in [2.45, 2.75) is 45.8 Å². The number of hydrogen-bond acceptors (Lipinski definition) is 5. The minimum atomic E-state index is -0.383. The topological polar surface area (TPSA) is 88.1 Å². The van der Waals surface area contributed by atoms with Gasteiger partial charge >= 0.3 is 11.7 Å². The summed E-state index contributed by atoms with van der Waals surface area (Å²) in [6.45, 7) is 3.52. The van der Waals surface area contributed by atoms with Gasteiger partial charge in [0.05, 0.1) is 6.10 Å². The van der Waals surface area contributed by atoms with Crippen LogP contribution in [0.15, 0.2) is 14.3 Å². The average Bonchev–Trinajstić information content (AvgIpc) is 2.79. The highest BCUT2D eigenvalue weighted by Gasteiger charge is 2.17. The standard InChI is InChI=1S/C15H21BrN4O4/c1-9(24-10(2)21)7-5-6-8-20-13(22)11-12(19(4)15(20)23)17-14(16)18(11)3/h9H,5-8H2,1-4H3. The highest BCUT2D eigenvalue weighted by molar-refractivity contribution is 9.10. The molecule has 0 aliphatic carbocycles. The predicted octanol–water partition coefficient (Wildman–Crippen LogP) is 1.32. The van der Waals surface area contributed by atoms with E-state index in [0.717, 1.165) is 6.42 Å². The summed E-state index contributed by atoms with van der Waals surface area (Å²) >= 11 is 3.27. The van der Waals surface area contributed by atoms with Gasteiger partial charge in [-0.3, -0.25) is 18.7 Å². The molecule has 1 atom stereocenters. The van der Waals surface area contributed by atoms with Crippen LogP contribution in [0.4, 0.5) is 0 Å². The maximum Gasteiger partial charge on any atom is 0.332 e. The minimum Gasteiger partial charge on any atom is -0.463 e. The molecule has 0 spiro atoms. The van der Waals surface area contributed by atoms with Crippen LogP contribution in [0, 0.1) is 0 Å². The average molecular weight is 401 g/mol. The highest BCUT2D eigenvalue weighted by Crippen LogP contribution is 2.14. The Morgan fingerprint density at radius 3 is 2.54 bits per heavy atom. The van der Waals surface area contributed by atoms with Crippen molar-refractivity contribution < 1.29 is 9.53 Å². The monoisotopic (exact) mass is 400 g/mol. The summed E-state index contributed by atoms with van der Waals surface area (Å²) in [5, 5.41) is 0. The molecule has 2 aromatic rings. The number of unbranched alkanes of at least 4 members (excludes halogenated alkanes) is 1. The van der Waals surface area contributed by atoms with Gasteiger partial charge in [0.15, 0.2) is 15.9 Å². The molecule has 0 saturated heterocycles. The molecule has 9 heteroatoms. The fraction of sp³-hybridized carbons (Fsp3) is 0.600. The van der Waals surface area contributed by atoms with Gasteiger partial charge in [0, 0.05) is 27.6 Å². The van der Waals surface area contributed by atoms with E-state index in [1.807, 2.05) is 6.92 Å². The zero-order valence-electron chi connectivity index (χ0n) is 14.2. The lowest BCUT2D eigenvalue weighted by Crippen LogP contribution is -2.39. The second-order valence-electron chi connectivity index (χ2n) is 5.83. The summed E-state index contributed by atoms with van der Waals surface area (Å²) in [6.07, 6.45) is 1.91. The summed E-state index contributed by atoms with van der Waals surface area (Å²) in [6, 6.07) is 0. The number of hydrogen-bond donors (Lipinski definition) is 0. The van der Waals surface area contributed by atoms with E-state index in [2.05, 4.69) is 20.9 Å². The van der Waals surface area contributed by atoms with E-state index in [0.29, 0.717) is 35.3 Å². The normalized spacial score (nSPS) is 12.5. The van der Waals surface area contributed by atoms with Gasteiger partial charge in [0.1, 0.15) is 0 Å². The molecule has 24 heavy (non-hydrogen) atoms. The van der Waals surface area contributed by atoms with E-state index in [1.54, 1.807) is 18.7 Å². The lowest BCUT2D eigenvalue weighted by atomic mass is 10.2. The summed E-state index contributed by atoms with van der Waals surface area (Å²) < 4.78 is 9.78. The Morgan fingerprint density at radius 2 is 1.92 bits per heavy atom. The number of fused-ring (bicyclic) bond motifs is 1. The van der Waals surface area contributed by atoms with Crippen molar-refractivity contribution >= 4 is 33.1 Å². The third-order valence-electron chi connectivity index (χ3n) is 3.91. The first-order chi connectivity index (χ1) is 11.2. The molecule has 2 rings (SSSR count). The first kappa shape index (κ1) is 18.4. The number of aromatic nitrogens is 4. The largest absolute Gasteiger partial charge is 0.463 e. The molecule has 1 unspecified atom stereocenters. The Morgan fingerprint density at radius 1 is 1.25 bits per heavy atom. The van der Waals surface area contributed by atoms with Crippen molar-refractivity contribution in [2.24, 2.45) is 14.1 Å². The van der Waals surface area contributed by atoms with Crippen molar-refractivity contribution in [3.63, 3.8) is 0 Å². The third-order valence-corrected chi connectivity index (χ3v) is 4.62. The Hall–Kier alpha value is -1.90. The van der Waals surface area contributed by atoms with Crippen LogP contribution in [0.3, 0.4) is 0 Å². The van der Waals surface area contributed by atoms with E-state index >= 15 is 0 Å². The molecule has 0 saturated carbocycles. The summed E-state index contributed by atoms with van der Waals surface area (Å²) in [7, 11) is 3.32. The number of imidazole rings is 1. The van der Waals surface area contributed by atoms with E-state index in [9.17, 15) is 14.4 Å². The van der Waals surface area contributed by atoms with Gasteiger partial charge in [-0.05, 0) is 42.1 Å². The second-order valence-corrected chi connectivity index (χ2v) is 6.54. The van der Waals surface area contributed by atoms with Gasteiger partial charge < -0.3 is 9.30 Å². The van der Waals surface area contributed by atoms with Gasteiger partial charge in [-0.2, -0.15) is 0 Å². The summed E-state index contributed by atoms with van der Waals surface area (Å²) in [5.74, 6) is -0.306. The van der Waals surface area contributed by atoms with Crippen LogP contribution in [0.2, 0.25) is 0 Å². The molecule has 0 aromatic carbocycles. The lowest BCUT2D eigenvalue weighted by Gasteiger charge is -2.12. The number of nitrogens with zero attached hydrogens (tertiary/aromatic N) is 4. The molecule has 0 aliphatic rings. The SMILES string of the molecule is CC(=O)OC(C)CCCCn1c(=O)c2c(nc(Br)n2C)n(C)c1=O. The Bertz CT molecular complexity index is 880. The first-order valence-electron chi connectivity index (χ1n) is 7.73. The fourth-order valence-electron chi connectivity index (χ4n) is 2.66. The smallest absolute Gasteiger partial charge is 0.332 e.